The molecule has 0 aliphatic carbocycles. The number of amides is 1. The average Bonchev–Trinajstić information content (AvgIpc) is 2.59. The van der Waals surface area contributed by atoms with Crippen LogP contribution in [0, 0.1) is 5.92 Å². The highest BCUT2D eigenvalue weighted by Crippen LogP contribution is 2.30. The Morgan fingerprint density at radius 3 is 2.33 bits per heavy atom. The van der Waals surface area contributed by atoms with Crippen molar-refractivity contribution in [2.45, 2.75) is 39.9 Å². The SMILES string of the molecule is CCN(CC)C(=O)OC(C(C)C)C(O)c1cccc2ccccc12. The molecule has 2 atom stereocenters. The summed E-state index contributed by atoms with van der Waals surface area (Å²) in [5, 5.41) is 13.0. The molecule has 2 unspecified atom stereocenters. The van der Waals surface area contributed by atoms with Crippen LogP contribution in [0.1, 0.15) is 39.4 Å². The first-order valence-corrected chi connectivity index (χ1v) is 8.60. The van der Waals surface area contributed by atoms with Crippen molar-refractivity contribution in [3.8, 4) is 0 Å². The molecule has 0 spiro atoms. The van der Waals surface area contributed by atoms with Gasteiger partial charge < -0.3 is 14.7 Å². The van der Waals surface area contributed by atoms with Gasteiger partial charge in [0, 0.05) is 13.1 Å². The van der Waals surface area contributed by atoms with E-state index in [1.807, 2.05) is 70.2 Å². The van der Waals surface area contributed by atoms with Crippen molar-refractivity contribution < 1.29 is 14.6 Å². The van der Waals surface area contributed by atoms with Gasteiger partial charge in [-0.25, -0.2) is 4.79 Å². The lowest BCUT2D eigenvalue weighted by Crippen LogP contribution is -2.38. The molecule has 2 aromatic rings. The molecule has 0 aromatic heterocycles. The van der Waals surface area contributed by atoms with Gasteiger partial charge in [0.15, 0.2) is 0 Å². The number of ether oxygens (including phenoxy) is 1. The molecule has 2 aromatic carbocycles. The molecule has 0 fully saturated rings. The number of rotatable bonds is 6. The molecule has 1 N–H and O–H groups in total. The first kappa shape index (κ1) is 18.3. The van der Waals surface area contributed by atoms with Gasteiger partial charge >= 0.3 is 6.09 Å². The Morgan fingerprint density at radius 2 is 1.71 bits per heavy atom. The molecule has 0 heterocycles. The molecule has 1 amide bonds. The third kappa shape index (κ3) is 3.88. The second kappa shape index (κ2) is 8.15. The molecule has 0 radical (unpaired) electrons. The van der Waals surface area contributed by atoms with E-state index in [0.717, 1.165) is 16.3 Å². The van der Waals surface area contributed by atoms with Crippen LogP contribution in [-0.2, 0) is 4.74 Å². The smallest absolute Gasteiger partial charge is 0.410 e. The Kier molecular flexibility index (Phi) is 6.21. The van der Waals surface area contributed by atoms with Crippen LogP contribution in [0.5, 0.6) is 0 Å². The summed E-state index contributed by atoms with van der Waals surface area (Å²) >= 11 is 0. The van der Waals surface area contributed by atoms with Gasteiger partial charge in [-0.3, -0.25) is 0 Å². The van der Waals surface area contributed by atoms with Crippen LogP contribution in [0.15, 0.2) is 42.5 Å². The number of fused-ring (bicyclic) bond motifs is 1. The quantitative estimate of drug-likeness (QED) is 0.856. The van der Waals surface area contributed by atoms with Crippen LogP contribution in [0.2, 0.25) is 0 Å². The summed E-state index contributed by atoms with van der Waals surface area (Å²) in [4.78, 5) is 13.9. The summed E-state index contributed by atoms with van der Waals surface area (Å²) in [6.45, 7) is 8.91. The Hall–Kier alpha value is -2.07. The number of hydrogen-bond acceptors (Lipinski definition) is 3. The first-order chi connectivity index (χ1) is 11.5. The minimum atomic E-state index is -0.865. The average molecular weight is 329 g/mol. The van der Waals surface area contributed by atoms with E-state index in [9.17, 15) is 9.90 Å². The van der Waals surface area contributed by atoms with Gasteiger partial charge in [-0.15, -0.1) is 0 Å². The van der Waals surface area contributed by atoms with Crippen molar-refractivity contribution in [2.75, 3.05) is 13.1 Å². The highest BCUT2D eigenvalue weighted by Gasteiger charge is 2.30. The number of carbonyl (C=O) groups excluding carboxylic acids is 1. The number of carbonyl (C=O) groups is 1. The maximum Gasteiger partial charge on any atom is 0.410 e. The van der Waals surface area contributed by atoms with Gasteiger partial charge in [0.25, 0.3) is 0 Å². The number of nitrogens with zero attached hydrogens (tertiary/aromatic N) is 1. The topological polar surface area (TPSA) is 49.8 Å². The standard InChI is InChI=1S/C20H27NO3/c1-5-21(6-2)20(23)24-19(14(3)4)18(22)17-13-9-11-15-10-7-8-12-16(15)17/h7-14,18-19,22H,5-6H2,1-4H3. The lowest BCUT2D eigenvalue weighted by Gasteiger charge is -2.30. The minimum absolute atomic E-state index is 0.00141. The Labute approximate surface area is 144 Å². The van der Waals surface area contributed by atoms with Crippen LogP contribution in [-0.4, -0.2) is 35.3 Å². The van der Waals surface area contributed by atoms with Gasteiger partial charge in [-0.1, -0.05) is 56.3 Å². The van der Waals surface area contributed by atoms with Crippen molar-refractivity contribution in [1.29, 1.82) is 0 Å². The van der Waals surface area contributed by atoms with Gasteiger partial charge in [-0.2, -0.15) is 0 Å². The van der Waals surface area contributed by atoms with Crippen molar-refractivity contribution in [3.63, 3.8) is 0 Å². The Morgan fingerprint density at radius 1 is 1.08 bits per heavy atom. The van der Waals surface area contributed by atoms with Crippen molar-refractivity contribution in [2.24, 2.45) is 5.92 Å². The van der Waals surface area contributed by atoms with Crippen LogP contribution < -0.4 is 0 Å². The molecular formula is C20H27NO3. The van der Waals surface area contributed by atoms with E-state index in [1.54, 1.807) is 4.90 Å². The van der Waals surface area contributed by atoms with E-state index in [-0.39, 0.29) is 12.0 Å². The predicted molar refractivity (Wildman–Crippen MR) is 96.9 cm³/mol. The number of aliphatic hydroxyl groups excluding tert-OH is 1. The largest absolute Gasteiger partial charge is 0.443 e. The molecule has 0 saturated carbocycles. The maximum absolute atomic E-state index is 12.3. The number of aliphatic hydroxyl groups is 1. The molecule has 0 aliphatic rings. The van der Waals surface area contributed by atoms with Crippen molar-refractivity contribution in [1.82, 2.24) is 4.90 Å². The highest BCUT2D eigenvalue weighted by molar-refractivity contribution is 5.86. The molecule has 0 saturated heterocycles. The van der Waals surface area contributed by atoms with Gasteiger partial charge in [0.1, 0.15) is 12.2 Å². The molecule has 24 heavy (non-hydrogen) atoms. The van der Waals surface area contributed by atoms with Crippen LogP contribution in [0.3, 0.4) is 0 Å². The molecule has 0 aliphatic heterocycles. The highest BCUT2D eigenvalue weighted by atomic mass is 16.6. The van der Waals surface area contributed by atoms with Crippen molar-refractivity contribution in [3.05, 3.63) is 48.0 Å². The number of benzene rings is 2. The zero-order chi connectivity index (χ0) is 17.7. The fourth-order valence-corrected chi connectivity index (χ4v) is 2.92. The van der Waals surface area contributed by atoms with Gasteiger partial charge in [-0.05, 0) is 36.1 Å². The van der Waals surface area contributed by atoms with E-state index < -0.39 is 12.2 Å². The van der Waals surface area contributed by atoms with E-state index in [2.05, 4.69) is 0 Å². The summed E-state index contributed by atoms with van der Waals surface area (Å²) in [5.41, 5.74) is 0.791. The number of hydrogen-bond donors (Lipinski definition) is 1. The zero-order valence-corrected chi connectivity index (χ0v) is 14.9. The normalized spacial score (nSPS) is 13.8. The van der Waals surface area contributed by atoms with Crippen molar-refractivity contribution >= 4 is 16.9 Å². The summed E-state index contributed by atoms with van der Waals surface area (Å²) < 4.78 is 5.66. The summed E-state index contributed by atoms with van der Waals surface area (Å²) in [7, 11) is 0. The van der Waals surface area contributed by atoms with Crippen LogP contribution in [0.4, 0.5) is 4.79 Å². The van der Waals surface area contributed by atoms with E-state index in [1.165, 1.54) is 0 Å². The Balaban J connectivity index is 2.31. The third-order valence-electron chi connectivity index (χ3n) is 4.37. The van der Waals surface area contributed by atoms with Gasteiger partial charge in [0.2, 0.25) is 0 Å². The van der Waals surface area contributed by atoms with Crippen LogP contribution >= 0.6 is 0 Å². The predicted octanol–water partition coefficient (Wildman–Crippen LogP) is 4.38. The lowest BCUT2D eigenvalue weighted by molar-refractivity contribution is -0.0340. The third-order valence-corrected chi connectivity index (χ3v) is 4.37. The molecule has 130 valence electrons. The fraction of sp³-hybridized carbons (Fsp3) is 0.450. The summed E-state index contributed by atoms with van der Waals surface area (Å²) in [5.74, 6) is -0.00141. The molecule has 0 bridgehead atoms. The minimum Gasteiger partial charge on any atom is -0.443 e. The first-order valence-electron chi connectivity index (χ1n) is 8.60. The molecule has 4 heteroatoms. The monoisotopic (exact) mass is 329 g/mol. The second-order valence-corrected chi connectivity index (χ2v) is 6.28. The summed E-state index contributed by atoms with van der Waals surface area (Å²) in [6, 6.07) is 13.7. The molecule has 2 rings (SSSR count). The van der Waals surface area contributed by atoms with Gasteiger partial charge in [0.05, 0.1) is 0 Å². The molecular weight excluding hydrogens is 302 g/mol. The molecule has 4 nitrogen and oxygen atoms in total. The van der Waals surface area contributed by atoms with Crippen LogP contribution in [0.25, 0.3) is 10.8 Å². The van der Waals surface area contributed by atoms with E-state index >= 15 is 0 Å². The maximum atomic E-state index is 12.3. The fourth-order valence-electron chi connectivity index (χ4n) is 2.92. The summed E-state index contributed by atoms with van der Waals surface area (Å²) in [6.07, 6.45) is -1.84. The van der Waals surface area contributed by atoms with E-state index in [4.69, 9.17) is 4.74 Å². The Bertz CT molecular complexity index is 674. The zero-order valence-electron chi connectivity index (χ0n) is 14.9. The second-order valence-electron chi connectivity index (χ2n) is 6.28. The van der Waals surface area contributed by atoms with E-state index in [0.29, 0.717) is 13.1 Å². The lowest BCUT2D eigenvalue weighted by atomic mass is 9.92.